The monoisotopic (exact) mass is 570 g/mol. The lowest BCUT2D eigenvalue weighted by Gasteiger charge is -2.40. The summed E-state index contributed by atoms with van der Waals surface area (Å²) in [5.41, 5.74) is 7.05. The first-order chi connectivity index (χ1) is 19.1. The van der Waals surface area contributed by atoms with E-state index >= 15 is 0 Å². The highest BCUT2D eigenvalue weighted by Gasteiger charge is 2.36. The molecule has 0 bridgehead atoms. The van der Waals surface area contributed by atoms with E-state index in [1.807, 2.05) is 0 Å². The summed E-state index contributed by atoms with van der Waals surface area (Å²) in [6, 6.07) is 7.44. The quantitative estimate of drug-likeness (QED) is 0.212. The molecule has 0 aromatic heterocycles. The minimum Gasteiger partial charge on any atom is -0.478 e. The zero-order chi connectivity index (χ0) is 28.8. The normalized spacial score (nSPS) is 19.6. The summed E-state index contributed by atoms with van der Waals surface area (Å²) in [6.07, 6.45) is 6.54. The third-order valence-electron chi connectivity index (χ3n) is 7.88. The van der Waals surface area contributed by atoms with Crippen LogP contribution in [0.4, 0.5) is 5.69 Å². The lowest BCUT2D eigenvalue weighted by Crippen LogP contribution is -2.54. The number of hydrogen-bond acceptors (Lipinski definition) is 7. The van der Waals surface area contributed by atoms with Crippen LogP contribution in [-0.4, -0.2) is 81.7 Å². The maximum absolute atomic E-state index is 12.5. The Labute approximate surface area is 239 Å². The van der Waals surface area contributed by atoms with Gasteiger partial charge in [-0.15, -0.1) is 0 Å². The number of nitrogens with one attached hydrogen (secondary N) is 4. The summed E-state index contributed by atoms with van der Waals surface area (Å²) in [4.78, 5) is 41.4. The highest BCUT2D eigenvalue weighted by molar-refractivity contribution is 7.80. The third-order valence-corrected chi connectivity index (χ3v) is 8.08. The maximum Gasteiger partial charge on any atom is 0.334 e. The van der Waals surface area contributed by atoms with Crippen molar-refractivity contribution < 1.29 is 24.6 Å². The Hall–Kier alpha value is -3.48. The highest BCUT2D eigenvalue weighted by atomic mass is 32.1. The van der Waals surface area contributed by atoms with Crippen molar-refractivity contribution in [3.8, 4) is 0 Å². The van der Waals surface area contributed by atoms with Crippen LogP contribution < -0.4 is 21.5 Å². The number of nitrogens with zero attached hydrogens (tertiary/aromatic N) is 2. The summed E-state index contributed by atoms with van der Waals surface area (Å²) < 4.78 is 0. The molecule has 2 aliphatic heterocycles. The van der Waals surface area contributed by atoms with Gasteiger partial charge in [0.2, 0.25) is 0 Å². The largest absolute Gasteiger partial charge is 0.478 e. The van der Waals surface area contributed by atoms with E-state index in [1.165, 1.54) is 32.1 Å². The zero-order valence-corrected chi connectivity index (χ0v) is 23.8. The molecule has 2 fully saturated rings. The molecule has 12 heteroatoms. The minimum absolute atomic E-state index is 0.0345. The summed E-state index contributed by atoms with van der Waals surface area (Å²) in [5.74, 6) is -3.57. The van der Waals surface area contributed by atoms with E-state index in [4.69, 9.17) is 12.2 Å². The van der Waals surface area contributed by atoms with Gasteiger partial charge in [-0.25, -0.2) is 9.59 Å². The average Bonchev–Trinajstić information content (AvgIpc) is 2.92. The van der Waals surface area contributed by atoms with Crippen molar-refractivity contribution in [2.75, 3.05) is 38.0 Å². The minimum atomic E-state index is -1.20. The zero-order valence-electron chi connectivity index (χ0n) is 23.0. The van der Waals surface area contributed by atoms with Crippen LogP contribution in [0.15, 0.2) is 46.8 Å². The summed E-state index contributed by atoms with van der Waals surface area (Å²) >= 11 is 5.34. The summed E-state index contributed by atoms with van der Waals surface area (Å²) in [6.45, 7) is 7.17. The first-order valence-electron chi connectivity index (χ1n) is 13.7. The molecule has 1 saturated heterocycles. The fourth-order valence-corrected chi connectivity index (χ4v) is 6.12. The highest BCUT2D eigenvalue weighted by Crippen LogP contribution is 2.39. The molecule has 0 unspecified atom stereocenters. The van der Waals surface area contributed by atoms with E-state index in [9.17, 15) is 24.6 Å². The van der Waals surface area contributed by atoms with Gasteiger partial charge in [-0.05, 0) is 56.6 Å². The van der Waals surface area contributed by atoms with E-state index in [2.05, 4.69) is 31.3 Å². The predicted octanol–water partition coefficient (Wildman–Crippen LogP) is 2.36. The van der Waals surface area contributed by atoms with Crippen LogP contribution in [0, 0.1) is 0 Å². The molecule has 4 rings (SSSR count). The van der Waals surface area contributed by atoms with Gasteiger partial charge in [-0.1, -0.05) is 31.4 Å². The molecule has 11 nitrogen and oxygen atoms in total. The van der Waals surface area contributed by atoms with Crippen molar-refractivity contribution >= 4 is 40.9 Å². The number of piperazine rings is 1. The van der Waals surface area contributed by atoms with Gasteiger partial charge in [-0.2, -0.15) is 0 Å². The molecule has 2 heterocycles. The average molecular weight is 571 g/mol. The van der Waals surface area contributed by atoms with Crippen molar-refractivity contribution in [2.24, 2.45) is 0 Å². The predicted molar refractivity (Wildman–Crippen MR) is 155 cm³/mol. The van der Waals surface area contributed by atoms with Crippen LogP contribution >= 0.6 is 12.2 Å². The number of allylic oxidation sites excluding steroid dienone is 2. The number of aliphatic carboxylic acids is 2. The Balaban J connectivity index is 1.31. The van der Waals surface area contributed by atoms with E-state index in [-0.39, 0.29) is 28.7 Å². The molecule has 40 heavy (non-hydrogen) atoms. The van der Waals surface area contributed by atoms with Crippen molar-refractivity contribution in [1.29, 1.82) is 0 Å². The number of carboxylic acids is 2. The molecule has 1 aromatic rings. The Morgan fingerprint density at radius 2 is 1.57 bits per heavy atom. The fraction of sp³-hybridized carbons (Fsp3) is 0.500. The summed E-state index contributed by atoms with van der Waals surface area (Å²) in [5, 5.41) is 25.7. The maximum atomic E-state index is 12.5. The Bertz CT molecular complexity index is 1180. The van der Waals surface area contributed by atoms with Gasteiger partial charge in [0.05, 0.1) is 23.6 Å². The van der Waals surface area contributed by atoms with Gasteiger partial charge in [0.15, 0.2) is 5.11 Å². The van der Waals surface area contributed by atoms with Crippen LogP contribution in [0.25, 0.3) is 0 Å². The Kier molecular flexibility index (Phi) is 9.77. The number of hydrogen-bond donors (Lipinski definition) is 6. The van der Waals surface area contributed by atoms with Gasteiger partial charge in [0.1, 0.15) is 0 Å². The smallest absolute Gasteiger partial charge is 0.334 e. The van der Waals surface area contributed by atoms with Crippen LogP contribution in [0.1, 0.15) is 57.4 Å². The van der Waals surface area contributed by atoms with E-state index < -0.39 is 17.9 Å². The van der Waals surface area contributed by atoms with Crippen LogP contribution in [0.3, 0.4) is 0 Å². The van der Waals surface area contributed by atoms with Gasteiger partial charge < -0.3 is 20.8 Å². The Morgan fingerprint density at radius 3 is 2.17 bits per heavy atom. The molecular weight excluding hydrogens is 532 g/mol. The number of carbonyl (C=O) groups excluding carboxylic acids is 1. The van der Waals surface area contributed by atoms with E-state index in [0.29, 0.717) is 28.7 Å². The van der Waals surface area contributed by atoms with Crippen LogP contribution in [0.5, 0.6) is 0 Å². The van der Waals surface area contributed by atoms with Gasteiger partial charge in [-0.3, -0.25) is 25.4 Å². The molecule has 3 aliphatic rings. The second-order valence-electron chi connectivity index (χ2n) is 10.6. The lowest BCUT2D eigenvalue weighted by molar-refractivity contribution is -0.133. The lowest BCUT2D eigenvalue weighted by atomic mass is 9.80. The van der Waals surface area contributed by atoms with Crippen LogP contribution in [0.2, 0.25) is 0 Å². The van der Waals surface area contributed by atoms with Crippen molar-refractivity contribution in [3.05, 3.63) is 52.4 Å². The number of benzene rings is 1. The van der Waals surface area contributed by atoms with Crippen molar-refractivity contribution in [2.45, 2.75) is 57.9 Å². The number of amides is 1. The third kappa shape index (κ3) is 7.18. The number of thiocarbonyl (C=S) groups is 1. The second-order valence-corrected chi connectivity index (χ2v) is 11.0. The van der Waals surface area contributed by atoms with Crippen LogP contribution in [-0.2, 0) is 14.4 Å². The van der Waals surface area contributed by atoms with E-state index in [0.717, 1.165) is 26.2 Å². The molecule has 216 valence electrons. The topological polar surface area (TPSA) is 146 Å². The van der Waals surface area contributed by atoms with Gasteiger partial charge in [0, 0.05) is 49.3 Å². The first-order valence-corrected chi connectivity index (χ1v) is 14.1. The molecule has 1 aliphatic carbocycles. The number of carboxylic acid groups (broad SMARTS) is 2. The van der Waals surface area contributed by atoms with Gasteiger partial charge >= 0.3 is 11.9 Å². The number of hydrazine groups is 1. The molecule has 0 spiro atoms. The number of dihydropyridines is 1. The first kappa shape index (κ1) is 29.5. The Morgan fingerprint density at radius 1 is 0.950 bits per heavy atom. The van der Waals surface area contributed by atoms with E-state index in [1.54, 1.807) is 38.1 Å². The summed E-state index contributed by atoms with van der Waals surface area (Å²) in [7, 11) is 0. The number of rotatable bonds is 7. The molecule has 1 saturated carbocycles. The fourth-order valence-electron chi connectivity index (χ4n) is 5.95. The molecule has 6 N–H and O–H groups in total. The number of anilines is 1. The number of carbonyl (C=O) groups is 3. The second kappa shape index (κ2) is 13.2. The molecular formula is C28H38N6O5S. The van der Waals surface area contributed by atoms with Gasteiger partial charge in [0.25, 0.3) is 5.91 Å². The molecule has 0 radical (unpaired) electrons. The molecule has 1 amide bonds. The van der Waals surface area contributed by atoms with Crippen molar-refractivity contribution in [1.82, 2.24) is 26.0 Å². The molecule has 0 atom stereocenters. The van der Waals surface area contributed by atoms with Crippen molar-refractivity contribution in [3.63, 3.8) is 0 Å². The molecule has 1 aromatic carbocycles. The standard InChI is InChI=1S/C28H38N6O5S/c1-17-23(26(36)37)25(24(27(38)39)18(2)29-17)19-7-6-8-20(15-19)30-28(40)32-31-22(35)16-33-11-13-34(14-12-33)21-9-4-3-5-10-21/h6-8,15,21,25,29H,3-5,9-14,16H2,1-2H3,(H,31,35)(H,36,37)(H,38,39)(H2,30,32,40). The SMILES string of the molecule is CC1=C(C(=O)O)C(c2cccc(NC(=S)NNC(=O)CN3CCN(C4CCCCC4)CC3)c2)C(C(=O)O)=C(C)N1.